The Morgan fingerprint density at radius 3 is 2.85 bits per heavy atom. The van der Waals surface area contributed by atoms with Crippen LogP contribution in [0.2, 0.25) is 0 Å². The molecule has 0 aromatic carbocycles. The Kier molecular flexibility index (Phi) is 2.76. The van der Waals surface area contributed by atoms with Crippen LogP contribution in [0.3, 0.4) is 0 Å². The van der Waals surface area contributed by atoms with Crippen LogP contribution in [-0.2, 0) is 6.54 Å². The monoisotopic (exact) mass is 184 g/mol. The Labute approximate surface area is 73.2 Å². The molecule has 0 amide bonds. The van der Waals surface area contributed by atoms with Crippen molar-refractivity contribution in [3.8, 4) is 0 Å². The average molecular weight is 184 g/mol. The Balaban J connectivity index is 3.11. The highest BCUT2D eigenvalue weighted by Gasteiger charge is 2.10. The summed E-state index contributed by atoms with van der Waals surface area (Å²) < 4.78 is 1.39. The number of hydrogen-bond donors (Lipinski definition) is 1. The number of aromatic nitrogens is 1. The summed E-state index contributed by atoms with van der Waals surface area (Å²) in [5.41, 5.74) is -1.10. The number of nitro groups is 1. The topological polar surface area (TPSA) is 85.4 Å². The van der Waals surface area contributed by atoms with Gasteiger partial charge in [-0.1, -0.05) is 0 Å². The molecule has 6 heteroatoms. The SMILES string of the molecule is O=c1ccn(CCO)cc1[N+](=O)[O-]. The molecule has 0 fully saturated rings. The number of nitrogens with zero attached hydrogens (tertiary/aromatic N) is 2. The summed E-state index contributed by atoms with van der Waals surface area (Å²) in [7, 11) is 0. The van der Waals surface area contributed by atoms with Crippen LogP contribution in [0.1, 0.15) is 0 Å². The largest absolute Gasteiger partial charge is 0.395 e. The van der Waals surface area contributed by atoms with E-state index in [1.807, 2.05) is 0 Å². The first kappa shape index (κ1) is 9.40. The van der Waals surface area contributed by atoms with Gasteiger partial charge in [0.2, 0.25) is 0 Å². The van der Waals surface area contributed by atoms with E-state index in [2.05, 4.69) is 0 Å². The fraction of sp³-hybridized carbons (Fsp3) is 0.286. The molecule has 0 aliphatic heterocycles. The summed E-state index contributed by atoms with van der Waals surface area (Å²) >= 11 is 0. The first-order valence-electron chi connectivity index (χ1n) is 3.60. The van der Waals surface area contributed by atoms with Crippen LogP contribution >= 0.6 is 0 Å². The molecule has 1 rings (SSSR count). The highest BCUT2D eigenvalue weighted by atomic mass is 16.6. The fourth-order valence-electron chi connectivity index (χ4n) is 0.904. The average Bonchev–Trinajstić information content (AvgIpc) is 2.08. The van der Waals surface area contributed by atoms with Crippen molar-refractivity contribution in [3.63, 3.8) is 0 Å². The molecule has 0 atom stereocenters. The van der Waals surface area contributed by atoms with Gasteiger partial charge in [0.15, 0.2) is 0 Å². The third-order valence-corrected chi connectivity index (χ3v) is 1.51. The van der Waals surface area contributed by atoms with E-state index < -0.39 is 16.0 Å². The van der Waals surface area contributed by atoms with Crippen LogP contribution in [-0.4, -0.2) is 21.2 Å². The second-order valence-corrected chi connectivity index (χ2v) is 2.41. The molecule has 1 aromatic rings. The Bertz CT molecular complexity index is 371. The Morgan fingerprint density at radius 1 is 1.62 bits per heavy atom. The highest BCUT2D eigenvalue weighted by Crippen LogP contribution is 2.01. The van der Waals surface area contributed by atoms with Gasteiger partial charge < -0.3 is 9.67 Å². The molecule has 0 saturated heterocycles. The van der Waals surface area contributed by atoms with Gasteiger partial charge in [0.1, 0.15) is 0 Å². The maximum absolute atomic E-state index is 10.9. The van der Waals surface area contributed by atoms with E-state index in [0.29, 0.717) is 0 Å². The van der Waals surface area contributed by atoms with Crippen molar-refractivity contribution in [1.29, 1.82) is 0 Å². The zero-order chi connectivity index (χ0) is 9.84. The maximum Gasteiger partial charge on any atom is 0.332 e. The Morgan fingerprint density at radius 2 is 2.31 bits per heavy atom. The third-order valence-electron chi connectivity index (χ3n) is 1.51. The lowest BCUT2D eigenvalue weighted by molar-refractivity contribution is -0.386. The van der Waals surface area contributed by atoms with Crippen molar-refractivity contribution in [2.45, 2.75) is 6.54 Å². The van der Waals surface area contributed by atoms with Gasteiger partial charge in [-0.25, -0.2) is 0 Å². The summed E-state index contributed by atoms with van der Waals surface area (Å²) in [5, 5.41) is 18.9. The van der Waals surface area contributed by atoms with Gasteiger partial charge in [-0.15, -0.1) is 0 Å². The minimum Gasteiger partial charge on any atom is -0.395 e. The second kappa shape index (κ2) is 3.81. The van der Waals surface area contributed by atoms with Crippen LogP contribution in [0.4, 0.5) is 5.69 Å². The quantitative estimate of drug-likeness (QED) is 0.518. The normalized spacial score (nSPS) is 9.92. The Hall–Kier alpha value is -1.69. The molecule has 0 spiro atoms. The van der Waals surface area contributed by atoms with Crippen LogP contribution in [0.5, 0.6) is 0 Å². The van der Waals surface area contributed by atoms with E-state index in [1.54, 1.807) is 0 Å². The molecule has 1 heterocycles. The van der Waals surface area contributed by atoms with Gasteiger partial charge in [0.05, 0.1) is 17.7 Å². The van der Waals surface area contributed by atoms with Crippen molar-refractivity contribution >= 4 is 5.69 Å². The summed E-state index contributed by atoms with van der Waals surface area (Å²) in [6.07, 6.45) is 2.50. The van der Waals surface area contributed by atoms with Gasteiger partial charge in [-0.05, 0) is 0 Å². The molecule has 0 saturated carbocycles. The van der Waals surface area contributed by atoms with Crippen molar-refractivity contribution in [3.05, 3.63) is 38.8 Å². The highest BCUT2D eigenvalue weighted by molar-refractivity contribution is 5.25. The lowest BCUT2D eigenvalue weighted by Crippen LogP contribution is -2.12. The molecule has 0 radical (unpaired) electrons. The zero-order valence-electron chi connectivity index (χ0n) is 6.71. The molecule has 6 nitrogen and oxygen atoms in total. The van der Waals surface area contributed by atoms with E-state index in [4.69, 9.17) is 5.11 Å². The molecule has 13 heavy (non-hydrogen) atoms. The number of pyridine rings is 1. The predicted molar refractivity (Wildman–Crippen MR) is 44.4 cm³/mol. The molecule has 1 N–H and O–H groups in total. The van der Waals surface area contributed by atoms with Crippen molar-refractivity contribution < 1.29 is 10.0 Å². The molecular formula is C7H8N2O4. The minimum atomic E-state index is -0.740. The first-order valence-corrected chi connectivity index (χ1v) is 3.60. The smallest absolute Gasteiger partial charge is 0.332 e. The van der Waals surface area contributed by atoms with E-state index in [1.165, 1.54) is 10.8 Å². The standard InChI is InChI=1S/C7H8N2O4/c10-4-3-8-2-1-7(11)6(5-8)9(12)13/h1-2,5,10H,3-4H2. The van der Waals surface area contributed by atoms with Crippen molar-refractivity contribution in [2.24, 2.45) is 0 Å². The molecular weight excluding hydrogens is 176 g/mol. The molecule has 0 bridgehead atoms. The number of aliphatic hydroxyl groups is 1. The number of rotatable bonds is 3. The lowest BCUT2D eigenvalue weighted by atomic mass is 10.4. The lowest BCUT2D eigenvalue weighted by Gasteiger charge is -2.01. The third kappa shape index (κ3) is 2.12. The first-order chi connectivity index (χ1) is 6.15. The van der Waals surface area contributed by atoms with Crippen molar-refractivity contribution in [1.82, 2.24) is 4.57 Å². The number of aliphatic hydroxyl groups excluding tert-OH is 1. The summed E-state index contributed by atoms with van der Waals surface area (Å²) in [5.74, 6) is 0. The fourth-order valence-corrected chi connectivity index (χ4v) is 0.904. The van der Waals surface area contributed by atoms with Gasteiger partial charge in [0.25, 0.3) is 5.43 Å². The van der Waals surface area contributed by atoms with Crippen LogP contribution in [0, 0.1) is 10.1 Å². The molecule has 70 valence electrons. The number of hydrogen-bond acceptors (Lipinski definition) is 4. The van der Waals surface area contributed by atoms with E-state index >= 15 is 0 Å². The van der Waals surface area contributed by atoms with E-state index in [0.717, 1.165) is 12.3 Å². The van der Waals surface area contributed by atoms with E-state index in [-0.39, 0.29) is 13.2 Å². The molecule has 0 unspecified atom stereocenters. The molecule has 0 aliphatic rings. The van der Waals surface area contributed by atoms with Crippen LogP contribution in [0.25, 0.3) is 0 Å². The van der Waals surface area contributed by atoms with Crippen LogP contribution in [0.15, 0.2) is 23.3 Å². The van der Waals surface area contributed by atoms with Gasteiger partial charge >= 0.3 is 5.69 Å². The second-order valence-electron chi connectivity index (χ2n) is 2.41. The molecule has 1 aromatic heterocycles. The summed E-state index contributed by atoms with van der Waals surface area (Å²) in [6.45, 7) is 0.112. The van der Waals surface area contributed by atoms with Crippen molar-refractivity contribution in [2.75, 3.05) is 6.61 Å². The minimum absolute atomic E-state index is 0.125. The summed E-state index contributed by atoms with van der Waals surface area (Å²) in [6, 6.07) is 1.10. The summed E-state index contributed by atoms with van der Waals surface area (Å²) in [4.78, 5) is 20.5. The van der Waals surface area contributed by atoms with E-state index in [9.17, 15) is 14.9 Å². The van der Waals surface area contributed by atoms with Crippen LogP contribution < -0.4 is 5.43 Å². The zero-order valence-corrected chi connectivity index (χ0v) is 6.71. The maximum atomic E-state index is 10.9. The van der Waals surface area contributed by atoms with Gasteiger partial charge in [0, 0.05) is 18.8 Å². The predicted octanol–water partition coefficient (Wildman–Crippen LogP) is -0.251. The van der Waals surface area contributed by atoms with Gasteiger partial charge in [-0.3, -0.25) is 14.9 Å². The van der Waals surface area contributed by atoms with Gasteiger partial charge in [-0.2, -0.15) is 0 Å². The molecule has 0 aliphatic carbocycles.